The summed E-state index contributed by atoms with van der Waals surface area (Å²) >= 11 is 0. The van der Waals surface area contributed by atoms with Crippen molar-refractivity contribution in [3.63, 3.8) is 0 Å². The third-order valence-electron chi connectivity index (χ3n) is 4.83. The van der Waals surface area contributed by atoms with Gasteiger partial charge in [-0.3, -0.25) is 0 Å². The van der Waals surface area contributed by atoms with Gasteiger partial charge in [0.1, 0.15) is 5.82 Å². The lowest BCUT2D eigenvalue weighted by atomic mass is 10.1. The van der Waals surface area contributed by atoms with Crippen LogP contribution in [0.1, 0.15) is 36.9 Å². The number of fused-ring (bicyclic) bond motifs is 1. The van der Waals surface area contributed by atoms with E-state index in [0.717, 1.165) is 18.4 Å². The summed E-state index contributed by atoms with van der Waals surface area (Å²) in [7, 11) is 0. The van der Waals surface area contributed by atoms with Crippen LogP contribution in [0.2, 0.25) is 0 Å². The summed E-state index contributed by atoms with van der Waals surface area (Å²) in [6, 6.07) is 11.9. The molecular formula is C20H21FN2O3. The standard InChI is InChI=1S/C20H21FN2O3/c1-13(16-4-2-3-5-17(16)21)23(15-7-8-15)20(24)22-11-14-6-9-18-19(10-14)26-12-25-18/h2-6,9-10,13,15H,7-8,11-12H2,1H3,(H,22,24)/t13-/m1/s1. The average Bonchev–Trinajstić information content (AvgIpc) is 3.36. The van der Waals surface area contributed by atoms with Gasteiger partial charge < -0.3 is 19.7 Å². The van der Waals surface area contributed by atoms with Crippen molar-refractivity contribution in [3.05, 3.63) is 59.4 Å². The first-order valence-electron chi connectivity index (χ1n) is 8.82. The summed E-state index contributed by atoms with van der Waals surface area (Å²) in [4.78, 5) is 14.5. The van der Waals surface area contributed by atoms with E-state index in [1.165, 1.54) is 6.07 Å². The van der Waals surface area contributed by atoms with E-state index in [-0.39, 0.29) is 30.7 Å². The maximum absolute atomic E-state index is 14.1. The van der Waals surface area contributed by atoms with Crippen molar-refractivity contribution in [1.82, 2.24) is 10.2 Å². The number of hydrogen-bond donors (Lipinski definition) is 1. The third-order valence-corrected chi connectivity index (χ3v) is 4.83. The van der Waals surface area contributed by atoms with Crippen LogP contribution >= 0.6 is 0 Å². The molecule has 2 aliphatic rings. The van der Waals surface area contributed by atoms with Gasteiger partial charge in [-0.2, -0.15) is 0 Å². The molecule has 0 aromatic heterocycles. The fourth-order valence-corrected chi connectivity index (χ4v) is 3.29. The van der Waals surface area contributed by atoms with Crippen molar-refractivity contribution in [1.29, 1.82) is 0 Å². The Labute approximate surface area is 151 Å². The second-order valence-corrected chi connectivity index (χ2v) is 6.68. The van der Waals surface area contributed by atoms with Crippen molar-refractivity contribution in [2.45, 2.75) is 38.4 Å². The Hall–Kier alpha value is -2.76. The number of ether oxygens (including phenoxy) is 2. The van der Waals surface area contributed by atoms with E-state index >= 15 is 0 Å². The van der Waals surface area contributed by atoms with E-state index in [2.05, 4.69) is 5.32 Å². The van der Waals surface area contributed by atoms with Crippen molar-refractivity contribution < 1.29 is 18.7 Å². The molecule has 5 nitrogen and oxygen atoms in total. The number of halogens is 1. The van der Waals surface area contributed by atoms with Gasteiger partial charge in [-0.1, -0.05) is 24.3 Å². The minimum Gasteiger partial charge on any atom is -0.454 e. The smallest absolute Gasteiger partial charge is 0.318 e. The topological polar surface area (TPSA) is 50.8 Å². The summed E-state index contributed by atoms with van der Waals surface area (Å²) in [5, 5.41) is 2.95. The number of urea groups is 1. The molecule has 6 heteroatoms. The maximum Gasteiger partial charge on any atom is 0.318 e. The maximum atomic E-state index is 14.1. The van der Waals surface area contributed by atoms with Gasteiger partial charge in [0.25, 0.3) is 0 Å². The number of carbonyl (C=O) groups excluding carboxylic acids is 1. The predicted octanol–water partition coefficient (Wildman–Crippen LogP) is 3.99. The molecule has 136 valence electrons. The molecule has 0 spiro atoms. The van der Waals surface area contributed by atoms with Gasteiger partial charge in [-0.25, -0.2) is 9.18 Å². The number of nitrogens with one attached hydrogen (secondary N) is 1. The highest BCUT2D eigenvalue weighted by molar-refractivity contribution is 5.75. The molecule has 26 heavy (non-hydrogen) atoms. The largest absolute Gasteiger partial charge is 0.454 e. The molecule has 0 radical (unpaired) electrons. The number of benzene rings is 2. The van der Waals surface area contributed by atoms with Crippen LogP contribution in [0.5, 0.6) is 11.5 Å². The lowest BCUT2D eigenvalue weighted by molar-refractivity contribution is 0.172. The summed E-state index contributed by atoms with van der Waals surface area (Å²) in [6.07, 6.45) is 1.91. The summed E-state index contributed by atoms with van der Waals surface area (Å²) in [5.74, 6) is 1.12. The van der Waals surface area contributed by atoms with Crippen LogP contribution in [-0.4, -0.2) is 23.8 Å². The number of rotatable bonds is 5. The van der Waals surface area contributed by atoms with Crippen molar-refractivity contribution in [2.75, 3.05) is 6.79 Å². The third kappa shape index (κ3) is 3.31. The number of amides is 2. The molecule has 1 atom stereocenters. The van der Waals surface area contributed by atoms with Crippen LogP contribution in [0.4, 0.5) is 9.18 Å². The Morgan fingerprint density at radius 2 is 2.00 bits per heavy atom. The van der Waals surface area contributed by atoms with Crippen LogP contribution in [-0.2, 0) is 6.54 Å². The highest BCUT2D eigenvalue weighted by atomic mass is 19.1. The van der Waals surface area contributed by atoms with Gasteiger partial charge in [-0.05, 0) is 43.5 Å². The highest BCUT2D eigenvalue weighted by Crippen LogP contribution is 2.35. The molecule has 2 amide bonds. The zero-order valence-electron chi connectivity index (χ0n) is 14.6. The Morgan fingerprint density at radius 1 is 1.23 bits per heavy atom. The van der Waals surface area contributed by atoms with Crippen LogP contribution < -0.4 is 14.8 Å². The molecule has 2 aromatic rings. The first-order valence-corrected chi connectivity index (χ1v) is 8.82. The summed E-state index contributed by atoms with van der Waals surface area (Å²) in [6.45, 7) is 2.47. The Balaban J connectivity index is 1.45. The summed E-state index contributed by atoms with van der Waals surface area (Å²) < 4.78 is 24.8. The van der Waals surface area contributed by atoms with Crippen LogP contribution in [0.3, 0.4) is 0 Å². The Bertz CT molecular complexity index is 822. The Morgan fingerprint density at radius 3 is 2.77 bits per heavy atom. The lowest BCUT2D eigenvalue weighted by Crippen LogP contribution is -2.42. The number of nitrogens with zero attached hydrogens (tertiary/aromatic N) is 1. The molecule has 4 rings (SSSR count). The molecule has 1 aliphatic carbocycles. The SMILES string of the molecule is C[C@H](c1ccccc1F)N(C(=O)NCc1ccc2c(c1)OCO2)C1CC1. The first-order chi connectivity index (χ1) is 12.6. The van der Waals surface area contributed by atoms with Gasteiger partial charge in [-0.15, -0.1) is 0 Å². The van der Waals surface area contributed by atoms with Gasteiger partial charge in [0.15, 0.2) is 11.5 Å². The minimum absolute atomic E-state index is 0.168. The average molecular weight is 356 g/mol. The molecular weight excluding hydrogens is 335 g/mol. The van der Waals surface area contributed by atoms with Gasteiger partial charge in [0.2, 0.25) is 6.79 Å². The van der Waals surface area contributed by atoms with Crippen LogP contribution in [0.15, 0.2) is 42.5 Å². The molecule has 0 unspecified atom stereocenters. The first kappa shape index (κ1) is 16.7. The van der Waals surface area contributed by atoms with E-state index in [0.29, 0.717) is 23.6 Å². The van der Waals surface area contributed by atoms with Crippen molar-refractivity contribution in [2.24, 2.45) is 0 Å². The van der Waals surface area contributed by atoms with Gasteiger partial charge >= 0.3 is 6.03 Å². The predicted molar refractivity (Wildman–Crippen MR) is 94.5 cm³/mol. The molecule has 1 aliphatic heterocycles. The van der Waals surface area contributed by atoms with Crippen molar-refractivity contribution >= 4 is 6.03 Å². The zero-order valence-corrected chi connectivity index (χ0v) is 14.6. The monoisotopic (exact) mass is 356 g/mol. The number of hydrogen-bond acceptors (Lipinski definition) is 3. The fourth-order valence-electron chi connectivity index (χ4n) is 3.29. The second-order valence-electron chi connectivity index (χ2n) is 6.68. The molecule has 1 saturated carbocycles. The minimum atomic E-state index is -0.319. The van der Waals surface area contributed by atoms with Gasteiger partial charge in [0.05, 0.1) is 6.04 Å². The quantitative estimate of drug-likeness (QED) is 0.881. The van der Waals surface area contributed by atoms with E-state index in [1.807, 2.05) is 25.1 Å². The van der Waals surface area contributed by atoms with E-state index in [4.69, 9.17) is 9.47 Å². The molecule has 1 fully saturated rings. The summed E-state index contributed by atoms with van der Waals surface area (Å²) in [5.41, 5.74) is 1.47. The Kier molecular flexibility index (Phi) is 4.41. The zero-order chi connectivity index (χ0) is 18.1. The van der Waals surface area contributed by atoms with E-state index in [9.17, 15) is 9.18 Å². The lowest BCUT2D eigenvalue weighted by Gasteiger charge is -2.30. The fraction of sp³-hybridized carbons (Fsp3) is 0.350. The molecule has 0 bridgehead atoms. The van der Waals surface area contributed by atoms with E-state index < -0.39 is 0 Å². The van der Waals surface area contributed by atoms with Crippen LogP contribution in [0.25, 0.3) is 0 Å². The molecule has 0 saturated heterocycles. The molecule has 2 aromatic carbocycles. The number of carbonyl (C=O) groups is 1. The highest BCUT2D eigenvalue weighted by Gasteiger charge is 2.37. The second kappa shape index (κ2) is 6.86. The van der Waals surface area contributed by atoms with E-state index in [1.54, 1.807) is 23.1 Å². The van der Waals surface area contributed by atoms with Crippen molar-refractivity contribution in [3.8, 4) is 11.5 Å². The normalized spacial score (nSPS) is 16.2. The van der Waals surface area contributed by atoms with Gasteiger partial charge in [0, 0.05) is 18.2 Å². The molecule has 1 heterocycles. The van der Waals surface area contributed by atoms with Crippen LogP contribution in [0, 0.1) is 5.82 Å². The molecule has 1 N–H and O–H groups in total.